The lowest BCUT2D eigenvalue weighted by Gasteiger charge is -2.18. The lowest BCUT2D eigenvalue weighted by atomic mass is 9.94. The van der Waals surface area contributed by atoms with Crippen LogP contribution in [-0.2, 0) is 9.63 Å². The Morgan fingerprint density at radius 3 is 2.65 bits per heavy atom. The molecule has 1 amide bonds. The van der Waals surface area contributed by atoms with Gasteiger partial charge in [0.25, 0.3) is 5.91 Å². The summed E-state index contributed by atoms with van der Waals surface area (Å²) in [6.07, 6.45) is -0.708. The van der Waals surface area contributed by atoms with Crippen molar-refractivity contribution in [1.29, 1.82) is 0 Å². The van der Waals surface area contributed by atoms with E-state index in [0.717, 1.165) is 11.4 Å². The Bertz CT molecular complexity index is 831. The summed E-state index contributed by atoms with van der Waals surface area (Å²) in [5.41, 5.74) is 1.39. The fraction of sp³-hybridized carbons (Fsp3) is 0.444. The highest BCUT2D eigenvalue weighted by Gasteiger charge is 2.36. The molecule has 1 aromatic carbocycles. The Morgan fingerprint density at radius 1 is 1.35 bits per heavy atom. The van der Waals surface area contributed by atoms with Crippen LogP contribution in [0.3, 0.4) is 0 Å². The minimum atomic E-state index is -0.708. The van der Waals surface area contributed by atoms with Gasteiger partial charge in [0.2, 0.25) is 6.10 Å². The zero-order valence-electron chi connectivity index (χ0n) is 15.2. The van der Waals surface area contributed by atoms with E-state index in [1.165, 1.54) is 12.1 Å². The average Bonchev–Trinajstić information content (AvgIpc) is 3.15. The lowest BCUT2D eigenvalue weighted by molar-refractivity contribution is -0.132. The van der Waals surface area contributed by atoms with Gasteiger partial charge in [-0.25, -0.2) is 14.1 Å². The Hall–Kier alpha value is -2.77. The second-order valence-electron chi connectivity index (χ2n) is 6.54. The molecule has 0 spiro atoms. The zero-order valence-corrected chi connectivity index (χ0v) is 15.2. The summed E-state index contributed by atoms with van der Waals surface area (Å²) in [4.78, 5) is 22.1. The summed E-state index contributed by atoms with van der Waals surface area (Å²) in [6.45, 7) is 7.94. The van der Waals surface area contributed by atoms with Gasteiger partial charge < -0.3 is 10.2 Å². The highest BCUT2D eigenvalue weighted by Crippen LogP contribution is 2.23. The number of rotatable bonds is 5. The van der Waals surface area contributed by atoms with E-state index >= 15 is 0 Å². The maximum Gasteiger partial charge on any atom is 0.264 e. The number of nitrogens with one attached hydrogen (secondary N) is 1. The first-order chi connectivity index (χ1) is 12.4. The number of hydrogen-bond acceptors (Lipinski definition) is 5. The van der Waals surface area contributed by atoms with E-state index in [0.29, 0.717) is 18.1 Å². The summed E-state index contributed by atoms with van der Waals surface area (Å²) in [5.74, 6) is 0.719. The van der Waals surface area contributed by atoms with Gasteiger partial charge in [0.05, 0.1) is 17.7 Å². The van der Waals surface area contributed by atoms with Crippen molar-refractivity contribution >= 4 is 11.6 Å². The molecule has 1 N–H and O–H groups in total. The Morgan fingerprint density at radius 2 is 2.04 bits per heavy atom. The number of halogens is 1. The summed E-state index contributed by atoms with van der Waals surface area (Å²) in [5, 5.41) is 11.2. The fourth-order valence-corrected chi connectivity index (χ4v) is 3.03. The molecule has 0 fully saturated rings. The van der Waals surface area contributed by atoms with Crippen molar-refractivity contribution in [3.63, 3.8) is 0 Å². The second kappa shape index (κ2) is 7.23. The van der Waals surface area contributed by atoms with Gasteiger partial charge >= 0.3 is 0 Å². The number of aryl methyl sites for hydroxylation is 2. The smallest absolute Gasteiger partial charge is 0.264 e. The summed E-state index contributed by atoms with van der Waals surface area (Å²) in [7, 11) is 0. The highest BCUT2D eigenvalue weighted by atomic mass is 19.1. The molecule has 0 saturated heterocycles. The normalized spacial score (nSPS) is 20.4. The molecular weight excluding hydrogens is 337 g/mol. The minimum Gasteiger partial charge on any atom is -0.381 e. The van der Waals surface area contributed by atoms with Gasteiger partial charge in [-0.05, 0) is 38.5 Å². The van der Waals surface area contributed by atoms with Crippen molar-refractivity contribution in [3.8, 4) is 0 Å². The molecule has 1 aliphatic rings. The Labute approximate surface area is 151 Å². The van der Waals surface area contributed by atoms with Crippen LogP contribution >= 0.6 is 0 Å². The molecule has 3 atom stereocenters. The quantitative estimate of drug-likeness (QED) is 0.887. The van der Waals surface area contributed by atoms with E-state index in [1.54, 1.807) is 16.8 Å². The first kappa shape index (κ1) is 18.0. The number of nitrogens with zero attached hydrogens (tertiary/aromatic N) is 4. The number of oxime groups is 1. The Balaban J connectivity index is 1.59. The zero-order chi connectivity index (χ0) is 18.8. The van der Waals surface area contributed by atoms with E-state index in [1.807, 2.05) is 27.7 Å². The number of carbonyl (C=O) groups is 1. The third-order valence-electron chi connectivity index (χ3n) is 4.45. The largest absolute Gasteiger partial charge is 0.381 e. The molecule has 0 aliphatic carbocycles. The van der Waals surface area contributed by atoms with Crippen LogP contribution in [0.25, 0.3) is 0 Å². The Kier molecular flexibility index (Phi) is 5.01. The van der Waals surface area contributed by atoms with Crippen molar-refractivity contribution in [2.75, 3.05) is 6.54 Å². The molecule has 26 heavy (non-hydrogen) atoms. The average molecular weight is 359 g/mol. The molecule has 138 valence electrons. The maximum absolute atomic E-state index is 13.1. The van der Waals surface area contributed by atoms with Crippen molar-refractivity contribution in [2.24, 2.45) is 11.1 Å². The van der Waals surface area contributed by atoms with Crippen LogP contribution in [0.4, 0.5) is 4.39 Å². The minimum absolute atomic E-state index is 0.0330. The molecule has 0 saturated carbocycles. The lowest BCUT2D eigenvalue weighted by Crippen LogP contribution is -2.41. The molecule has 2 aromatic rings. The van der Waals surface area contributed by atoms with E-state index in [2.05, 4.69) is 20.6 Å². The highest BCUT2D eigenvalue weighted by molar-refractivity contribution is 6.05. The number of hydrogen-bond donors (Lipinski definition) is 1. The number of carbonyl (C=O) groups excluding carboxylic acids is 1. The monoisotopic (exact) mass is 359 g/mol. The number of benzene rings is 1. The molecule has 3 unspecified atom stereocenters. The molecule has 1 aliphatic heterocycles. The molecule has 3 rings (SSSR count). The third-order valence-corrected chi connectivity index (χ3v) is 4.45. The van der Waals surface area contributed by atoms with Gasteiger partial charge in [-0.1, -0.05) is 24.2 Å². The van der Waals surface area contributed by atoms with Crippen molar-refractivity contribution in [1.82, 2.24) is 20.1 Å². The second-order valence-corrected chi connectivity index (χ2v) is 6.54. The van der Waals surface area contributed by atoms with E-state index < -0.39 is 6.10 Å². The summed E-state index contributed by atoms with van der Waals surface area (Å²) in [6, 6.07) is 5.96. The third kappa shape index (κ3) is 3.58. The fourth-order valence-electron chi connectivity index (χ4n) is 3.03. The van der Waals surface area contributed by atoms with E-state index in [-0.39, 0.29) is 23.7 Å². The van der Waals surface area contributed by atoms with Crippen LogP contribution in [-0.4, -0.2) is 39.0 Å². The van der Waals surface area contributed by atoms with E-state index in [9.17, 15) is 9.18 Å². The first-order valence-electron chi connectivity index (χ1n) is 8.54. The van der Waals surface area contributed by atoms with Crippen LogP contribution in [0.2, 0.25) is 0 Å². The van der Waals surface area contributed by atoms with Crippen LogP contribution < -0.4 is 5.32 Å². The topological polar surface area (TPSA) is 81.4 Å². The molecule has 0 bridgehead atoms. The predicted molar refractivity (Wildman–Crippen MR) is 94.2 cm³/mol. The van der Waals surface area contributed by atoms with Crippen LogP contribution in [0.5, 0.6) is 0 Å². The van der Waals surface area contributed by atoms with Crippen LogP contribution in [0.1, 0.15) is 37.1 Å². The van der Waals surface area contributed by atoms with Crippen LogP contribution in [0, 0.1) is 25.6 Å². The van der Waals surface area contributed by atoms with Gasteiger partial charge in [0.15, 0.2) is 0 Å². The molecular formula is C18H22FN5O2. The molecule has 8 heteroatoms. The first-order valence-corrected chi connectivity index (χ1v) is 8.54. The number of aromatic nitrogens is 3. The molecule has 2 heterocycles. The molecule has 0 radical (unpaired) electrons. The number of amides is 1. The maximum atomic E-state index is 13.1. The van der Waals surface area contributed by atoms with Crippen LogP contribution in [0.15, 0.2) is 29.4 Å². The SMILES string of the molecule is Cc1nc(C)n(C(C)CNC(=O)C2ON=C(c3ccc(F)cc3)C2C)n1. The van der Waals surface area contributed by atoms with Crippen molar-refractivity contribution < 1.29 is 14.0 Å². The van der Waals surface area contributed by atoms with Gasteiger partial charge in [-0.3, -0.25) is 4.79 Å². The van der Waals surface area contributed by atoms with Gasteiger partial charge in [0.1, 0.15) is 17.5 Å². The summed E-state index contributed by atoms with van der Waals surface area (Å²) < 4.78 is 14.9. The van der Waals surface area contributed by atoms with Gasteiger partial charge in [-0.2, -0.15) is 5.10 Å². The molecule has 1 aromatic heterocycles. The van der Waals surface area contributed by atoms with Gasteiger partial charge in [0, 0.05) is 6.54 Å². The van der Waals surface area contributed by atoms with E-state index in [4.69, 9.17) is 4.84 Å². The predicted octanol–water partition coefficient (Wildman–Crippen LogP) is 2.15. The van der Waals surface area contributed by atoms with Crippen molar-refractivity contribution in [2.45, 2.75) is 39.8 Å². The summed E-state index contributed by atoms with van der Waals surface area (Å²) >= 11 is 0. The molecule has 7 nitrogen and oxygen atoms in total. The van der Waals surface area contributed by atoms with Gasteiger partial charge in [-0.15, -0.1) is 0 Å². The van der Waals surface area contributed by atoms with Crippen molar-refractivity contribution in [3.05, 3.63) is 47.3 Å². The standard InChI is InChI=1S/C18H22FN5O2/c1-10(24-13(4)21-12(3)22-24)9-20-18(25)17-11(2)16(23-26-17)14-5-7-15(19)8-6-14/h5-8,10-11,17H,9H2,1-4H3,(H,20,25).